The van der Waals surface area contributed by atoms with E-state index < -0.39 is 0 Å². The lowest BCUT2D eigenvalue weighted by Crippen LogP contribution is -1.87. The van der Waals surface area contributed by atoms with Crippen LogP contribution < -0.4 is 4.84 Å². The highest BCUT2D eigenvalue weighted by Gasteiger charge is 2.01. The van der Waals surface area contributed by atoms with Gasteiger partial charge in [-0.3, -0.25) is 0 Å². The number of hydrogen-bond acceptors (Lipinski definition) is 2. The van der Waals surface area contributed by atoms with Crippen molar-refractivity contribution in [1.29, 1.82) is 0 Å². The van der Waals surface area contributed by atoms with E-state index in [1.165, 1.54) is 0 Å². The maximum absolute atomic E-state index is 5.94. The molecule has 0 bridgehead atoms. The molecule has 18 heavy (non-hydrogen) atoms. The van der Waals surface area contributed by atoms with E-state index in [0.29, 0.717) is 15.8 Å². The quantitative estimate of drug-likeness (QED) is 0.556. The average Bonchev–Trinajstić information content (AvgIpc) is 2.34. The Balaban J connectivity index is 2.05. The Morgan fingerprint density at radius 3 is 2.44 bits per heavy atom. The standard InChI is InChI=1S/C13H8BrCl2NO/c14-10-3-1-9(2-4-10)8-17-18-13-6-5-11(15)7-12(13)16/h1-8H. The van der Waals surface area contributed by atoms with Crippen molar-refractivity contribution in [1.82, 2.24) is 0 Å². The summed E-state index contributed by atoms with van der Waals surface area (Å²) in [7, 11) is 0. The monoisotopic (exact) mass is 343 g/mol. The first-order chi connectivity index (χ1) is 8.65. The minimum absolute atomic E-state index is 0.426. The maximum Gasteiger partial charge on any atom is 0.176 e. The van der Waals surface area contributed by atoms with E-state index in [9.17, 15) is 0 Å². The third-order valence-electron chi connectivity index (χ3n) is 2.12. The van der Waals surface area contributed by atoms with Crippen molar-refractivity contribution in [2.45, 2.75) is 0 Å². The highest BCUT2D eigenvalue weighted by atomic mass is 79.9. The van der Waals surface area contributed by atoms with Crippen LogP contribution in [0.2, 0.25) is 10.0 Å². The number of nitrogens with zero attached hydrogens (tertiary/aromatic N) is 1. The topological polar surface area (TPSA) is 21.6 Å². The molecule has 2 nitrogen and oxygen atoms in total. The Kier molecular flexibility index (Phi) is 4.64. The van der Waals surface area contributed by atoms with Gasteiger partial charge in [-0.05, 0) is 35.9 Å². The van der Waals surface area contributed by atoms with Gasteiger partial charge in [-0.2, -0.15) is 0 Å². The number of halogens is 3. The summed E-state index contributed by atoms with van der Waals surface area (Å²) in [6.45, 7) is 0. The molecule has 0 aliphatic carbocycles. The van der Waals surface area contributed by atoms with Crippen molar-refractivity contribution in [2.75, 3.05) is 0 Å². The Bertz CT molecular complexity index is 570. The fourth-order valence-electron chi connectivity index (χ4n) is 1.24. The summed E-state index contributed by atoms with van der Waals surface area (Å²) in [5, 5.41) is 4.85. The molecule has 0 aliphatic heterocycles. The number of oxime groups is 1. The van der Waals surface area contributed by atoms with Gasteiger partial charge < -0.3 is 4.84 Å². The van der Waals surface area contributed by atoms with E-state index in [4.69, 9.17) is 28.0 Å². The normalized spacial score (nSPS) is 10.8. The van der Waals surface area contributed by atoms with Gasteiger partial charge >= 0.3 is 0 Å². The smallest absolute Gasteiger partial charge is 0.176 e. The lowest BCUT2D eigenvalue weighted by Gasteiger charge is -2.01. The van der Waals surface area contributed by atoms with Gasteiger partial charge in [-0.1, -0.05) is 56.4 Å². The third-order valence-corrected chi connectivity index (χ3v) is 3.18. The van der Waals surface area contributed by atoms with E-state index in [1.54, 1.807) is 24.4 Å². The summed E-state index contributed by atoms with van der Waals surface area (Å²) < 4.78 is 1.02. The molecule has 0 fully saturated rings. The maximum atomic E-state index is 5.94. The molecule has 0 spiro atoms. The summed E-state index contributed by atoms with van der Waals surface area (Å²) in [6.07, 6.45) is 1.61. The summed E-state index contributed by atoms with van der Waals surface area (Å²) in [5.74, 6) is 0.467. The van der Waals surface area contributed by atoms with Crippen molar-refractivity contribution in [3.8, 4) is 5.75 Å². The van der Waals surface area contributed by atoms with Crippen LogP contribution in [-0.2, 0) is 0 Å². The van der Waals surface area contributed by atoms with Gasteiger partial charge in [0.25, 0.3) is 0 Å². The Morgan fingerprint density at radius 1 is 1.06 bits per heavy atom. The molecule has 2 rings (SSSR count). The molecule has 0 saturated heterocycles. The van der Waals surface area contributed by atoms with Gasteiger partial charge in [0.1, 0.15) is 0 Å². The first-order valence-electron chi connectivity index (χ1n) is 5.06. The second kappa shape index (κ2) is 6.23. The fraction of sp³-hybridized carbons (Fsp3) is 0. The van der Waals surface area contributed by atoms with Crippen LogP contribution >= 0.6 is 39.1 Å². The SMILES string of the molecule is Clc1ccc(ON=Cc2ccc(Br)cc2)c(Cl)c1. The molecule has 2 aromatic carbocycles. The molecule has 0 saturated carbocycles. The Hall–Kier alpha value is -1.03. The zero-order chi connectivity index (χ0) is 13.0. The molecular weight excluding hydrogens is 337 g/mol. The van der Waals surface area contributed by atoms with Crippen LogP contribution in [0.15, 0.2) is 52.1 Å². The Morgan fingerprint density at radius 2 is 1.78 bits per heavy atom. The van der Waals surface area contributed by atoms with Crippen LogP contribution in [0.4, 0.5) is 0 Å². The molecule has 0 unspecified atom stereocenters. The van der Waals surface area contributed by atoms with Crippen molar-refractivity contribution in [3.05, 3.63) is 62.5 Å². The predicted molar refractivity (Wildman–Crippen MR) is 78.8 cm³/mol. The van der Waals surface area contributed by atoms with Gasteiger partial charge in [-0.25, -0.2) is 0 Å². The second-order valence-corrected chi connectivity index (χ2v) is 5.21. The molecular formula is C13H8BrCl2NO. The lowest BCUT2D eigenvalue weighted by atomic mass is 10.2. The van der Waals surface area contributed by atoms with Crippen LogP contribution in [0.25, 0.3) is 0 Å². The van der Waals surface area contributed by atoms with Gasteiger partial charge in [0.2, 0.25) is 0 Å². The Labute approximate surface area is 123 Å². The number of benzene rings is 2. The highest BCUT2D eigenvalue weighted by molar-refractivity contribution is 9.10. The fourth-order valence-corrected chi connectivity index (χ4v) is 1.95. The predicted octanol–water partition coefficient (Wildman–Crippen LogP) is 5.17. The van der Waals surface area contributed by atoms with Gasteiger partial charge in [-0.15, -0.1) is 0 Å². The third kappa shape index (κ3) is 3.73. The first kappa shape index (κ1) is 13.4. The first-order valence-corrected chi connectivity index (χ1v) is 6.61. The van der Waals surface area contributed by atoms with E-state index in [0.717, 1.165) is 10.0 Å². The van der Waals surface area contributed by atoms with Gasteiger partial charge in [0.05, 0.1) is 11.2 Å². The molecule has 5 heteroatoms. The molecule has 0 N–H and O–H groups in total. The van der Waals surface area contributed by atoms with Crippen molar-refractivity contribution >= 4 is 45.3 Å². The summed E-state index contributed by atoms with van der Waals surface area (Å²) in [5.41, 5.74) is 0.934. The number of hydrogen-bond donors (Lipinski definition) is 0. The van der Waals surface area contributed by atoms with E-state index in [1.807, 2.05) is 24.3 Å². The molecule has 92 valence electrons. The minimum atomic E-state index is 0.426. The van der Waals surface area contributed by atoms with Crippen LogP contribution in [0.3, 0.4) is 0 Å². The van der Waals surface area contributed by atoms with E-state index >= 15 is 0 Å². The van der Waals surface area contributed by atoms with Gasteiger partial charge in [0, 0.05) is 9.50 Å². The molecule has 0 radical (unpaired) electrons. The molecule has 2 aromatic rings. The van der Waals surface area contributed by atoms with Crippen molar-refractivity contribution < 1.29 is 4.84 Å². The van der Waals surface area contributed by atoms with Crippen LogP contribution in [0, 0.1) is 0 Å². The van der Waals surface area contributed by atoms with E-state index in [2.05, 4.69) is 21.1 Å². The minimum Gasteiger partial charge on any atom is -0.355 e. The zero-order valence-electron chi connectivity index (χ0n) is 9.11. The second-order valence-electron chi connectivity index (χ2n) is 3.45. The summed E-state index contributed by atoms with van der Waals surface area (Å²) >= 11 is 15.1. The van der Waals surface area contributed by atoms with Crippen LogP contribution in [0.5, 0.6) is 5.75 Å². The average molecular weight is 345 g/mol. The van der Waals surface area contributed by atoms with Crippen LogP contribution in [-0.4, -0.2) is 6.21 Å². The summed E-state index contributed by atoms with van der Waals surface area (Å²) in [4.78, 5) is 5.19. The molecule has 0 heterocycles. The van der Waals surface area contributed by atoms with E-state index in [-0.39, 0.29) is 0 Å². The highest BCUT2D eigenvalue weighted by Crippen LogP contribution is 2.27. The summed E-state index contributed by atoms with van der Waals surface area (Å²) in [6, 6.07) is 12.7. The molecule has 0 amide bonds. The lowest BCUT2D eigenvalue weighted by molar-refractivity contribution is 0.344. The molecule has 0 aliphatic rings. The number of rotatable bonds is 3. The largest absolute Gasteiger partial charge is 0.355 e. The molecule has 0 aromatic heterocycles. The van der Waals surface area contributed by atoms with Gasteiger partial charge in [0.15, 0.2) is 5.75 Å². The van der Waals surface area contributed by atoms with Crippen molar-refractivity contribution in [3.63, 3.8) is 0 Å². The van der Waals surface area contributed by atoms with Crippen LogP contribution in [0.1, 0.15) is 5.56 Å². The van der Waals surface area contributed by atoms with Crippen molar-refractivity contribution in [2.24, 2.45) is 5.16 Å². The molecule has 0 atom stereocenters. The zero-order valence-corrected chi connectivity index (χ0v) is 12.2.